The molecule has 0 bridgehead atoms. The first kappa shape index (κ1) is 26.5. The van der Waals surface area contributed by atoms with Crippen LogP contribution in [0.4, 0.5) is 11.8 Å². The third kappa shape index (κ3) is 7.02. The fourth-order valence-corrected chi connectivity index (χ4v) is 4.99. The largest absolute Gasteiger partial charge is 0.493 e. The van der Waals surface area contributed by atoms with Crippen molar-refractivity contribution in [2.24, 2.45) is 5.92 Å². The summed E-state index contributed by atoms with van der Waals surface area (Å²) in [5, 5.41) is 7.77. The Morgan fingerprint density at radius 3 is 2.49 bits per heavy atom. The van der Waals surface area contributed by atoms with Gasteiger partial charge in [0.25, 0.3) is 0 Å². The number of carbonyl (C=O) groups is 1. The van der Waals surface area contributed by atoms with Gasteiger partial charge in [0.2, 0.25) is 11.9 Å². The van der Waals surface area contributed by atoms with Gasteiger partial charge in [0.05, 0.1) is 19.7 Å². The SMILES string of the molecule is COc1ccc(CCCC(=O)NC[C@H]2CC[C@@H](Nc3nc(N(C)C)c4ccccc4n3)CC2)cc1OC. The maximum Gasteiger partial charge on any atom is 0.225 e. The summed E-state index contributed by atoms with van der Waals surface area (Å²) in [7, 11) is 7.28. The van der Waals surface area contributed by atoms with E-state index in [0.717, 1.165) is 78.9 Å². The summed E-state index contributed by atoms with van der Waals surface area (Å²) in [5.74, 6) is 3.70. The van der Waals surface area contributed by atoms with Gasteiger partial charge in [-0.3, -0.25) is 4.79 Å². The predicted molar refractivity (Wildman–Crippen MR) is 149 cm³/mol. The normalized spacial score (nSPS) is 17.3. The molecule has 0 atom stereocenters. The molecule has 8 nitrogen and oxygen atoms in total. The van der Waals surface area contributed by atoms with Crippen LogP contribution in [-0.2, 0) is 11.2 Å². The average Bonchev–Trinajstić information content (AvgIpc) is 2.92. The molecule has 1 aliphatic carbocycles. The minimum atomic E-state index is 0.126. The molecular weight excluding hydrogens is 466 g/mol. The van der Waals surface area contributed by atoms with Crippen LogP contribution in [0, 0.1) is 5.92 Å². The Balaban J connectivity index is 1.18. The van der Waals surface area contributed by atoms with Crippen molar-refractivity contribution in [2.75, 3.05) is 45.1 Å². The number of hydrogen-bond acceptors (Lipinski definition) is 7. The van der Waals surface area contributed by atoms with Gasteiger partial charge in [-0.15, -0.1) is 0 Å². The zero-order chi connectivity index (χ0) is 26.2. The number of methoxy groups -OCH3 is 2. The number of rotatable bonds is 11. The van der Waals surface area contributed by atoms with Crippen LogP contribution in [-0.4, -0.2) is 56.8 Å². The molecule has 0 unspecified atom stereocenters. The average molecular weight is 506 g/mol. The number of amides is 1. The fourth-order valence-electron chi connectivity index (χ4n) is 4.99. The lowest BCUT2D eigenvalue weighted by atomic mass is 9.86. The molecule has 198 valence electrons. The van der Waals surface area contributed by atoms with E-state index in [1.54, 1.807) is 14.2 Å². The Kier molecular flexibility index (Phi) is 9.04. The Labute approximate surface area is 219 Å². The van der Waals surface area contributed by atoms with E-state index in [1.165, 1.54) is 0 Å². The zero-order valence-corrected chi connectivity index (χ0v) is 22.4. The highest BCUT2D eigenvalue weighted by atomic mass is 16.5. The maximum atomic E-state index is 12.4. The minimum Gasteiger partial charge on any atom is -0.493 e. The second-order valence-corrected chi connectivity index (χ2v) is 9.99. The van der Waals surface area contributed by atoms with Crippen molar-refractivity contribution in [3.05, 3.63) is 48.0 Å². The van der Waals surface area contributed by atoms with Gasteiger partial charge in [-0.25, -0.2) is 4.98 Å². The van der Waals surface area contributed by atoms with Crippen LogP contribution in [0.5, 0.6) is 11.5 Å². The molecule has 2 aromatic carbocycles. The van der Waals surface area contributed by atoms with E-state index < -0.39 is 0 Å². The molecule has 8 heteroatoms. The van der Waals surface area contributed by atoms with Gasteiger partial charge in [-0.1, -0.05) is 18.2 Å². The molecule has 1 aliphatic rings. The van der Waals surface area contributed by atoms with Gasteiger partial charge in [-0.05, 0) is 74.3 Å². The lowest BCUT2D eigenvalue weighted by Gasteiger charge is -2.29. The number of carbonyl (C=O) groups excluding carboxylic acids is 1. The summed E-state index contributed by atoms with van der Waals surface area (Å²) < 4.78 is 10.7. The van der Waals surface area contributed by atoms with Crippen LogP contribution in [0.15, 0.2) is 42.5 Å². The summed E-state index contributed by atoms with van der Waals surface area (Å²) in [4.78, 5) is 24.0. The highest BCUT2D eigenvalue weighted by molar-refractivity contribution is 5.90. The van der Waals surface area contributed by atoms with Crippen LogP contribution < -0.4 is 25.0 Å². The Morgan fingerprint density at radius 1 is 1.00 bits per heavy atom. The number of anilines is 2. The van der Waals surface area contributed by atoms with E-state index in [-0.39, 0.29) is 5.91 Å². The fraction of sp³-hybridized carbons (Fsp3) is 0.483. The van der Waals surface area contributed by atoms with Crippen molar-refractivity contribution < 1.29 is 14.3 Å². The first-order valence-corrected chi connectivity index (χ1v) is 13.1. The molecule has 1 saturated carbocycles. The molecule has 2 N–H and O–H groups in total. The zero-order valence-electron chi connectivity index (χ0n) is 22.4. The lowest BCUT2D eigenvalue weighted by molar-refractivity contribution is -0.121. The number of aryl methyl sites for hydroxylation is 1. The molecule has 1 aromatic heterocycles. The summed E-state index contributed by atoms with van der Waals surface area (Å²) in [5.41, 5.74) is 2.09. The number of para-hydroxylation sites is 1. The second-order valence-electron chi connectivity index (χ2n) is 9.99. The molecule has 0 spiro atoms. The number of hydrogen-bond donors (Lipinski definition) is 2. The Morgan fingerprint density at radius 2 is 1.76 bits per heavy atom. The van der Waals surface area contributed by atoms with Crippen molar-refractivity contribution >= 4 is 28.6 Å². The topological polar surface area (TPSA) is 88.6 Å². The van der Waals surface area contributed by atoms with Crippen molar-refractivity contribution in [3.63, 3.8) is 0 Å². The van der Waals surface area contributed by atoms with E-state index in [0.29, 0.717) is 24.3 Å². The molecule has 37 heavy (non-hydrogen) atoms. The van der Waals surface area contributed by atoms with Gasteiger partial charge in [0.15, 0.2) is 11.5 Å². The first-order chi connectivity index (χ1) is 18.0. The highest BCUT2D eigenvalue weighted by Crippen LogP contribution is 2.29. The third-order valence-corrected chi connectivity index (χ3v) is 7.09. The summed E-state index contributed by atoms with van der Waals surface area (Å²) >= 11 is 0. The molecule has 0 radical (unpaired) electrons. The van der Waals surface area contributed by atoms with Crippen molar-refractivity contribution in [1.29, 1.82) is 0 Å². The molecule has 1 heterocycles. The minimum absolute atomic E-state index is 0.126. The van der Waals surface area contributed by atoms with Crippen LogP contribution in [0.3, 0.4) is 0 Å². The number of nitrogens with zero attached hydrogens (tertiary/aromatic N) is 3. The molecule has 4 rings (SSSR count). The Bertz CT molecular complexity index is 1190. The van der Waals surface area contributed by atoms with Crippen LogP contribution in [0.2, 0.25) is 0 Å². The van der Waals surface area contributed by atoms with E-state index >= 15 is 0 Å². The summed E-state index contributed by atoms with van der Waals surface area (Å²) in [6.07, 6.45) is 6.42. The van der Waals surface area contributed by atoms with Gasteiger partial charge in [0.1, 0.15) is 5.82 Å². The van der Waals surface area contributed by atoms with Gasteiger partial charge < -0.3 is 25.0 Å². The molecule has 1 amide bonds. The van der Waals surface area contributed by atoms with Crippen LogP contribution >= 0.6 is 0 Å². The van der Waals surface area contributed by atoms with E-state index in [4.69, 9.17) is 19.4 Å². The van der Waals surface area contributed by atoms with Gasteiger partial charge >= 0.3 is 0 Å². The van der Waals surface area contributed by atoms with Crippen molar-refractivity contribution in [2.45, 2.75) is 51.0 Å². The Hall–Kier alpha value is -3.55. The molecule has 0 saturated heterocycles. The van der Waals surface area contributed by atoms with Crippen molar-refractivity contribution in [3.8, 4) is 11.5 Å². The second kappa shape index (κ2) is 12.6. The summed E-state index contributed by atoms with van der Waals surface area (Å²) in [6.45, 7) is 0.749. The standard InChI is InChI=1S/C29H39N5O3/c1-34(2)28-23-9-5-6-10-24(23)32-29(33-28)31-22-15-12-21(13-16-22)19-30-27(35)11-7-8-20-14-17-25(36-3)26(18-20)37-4/h5-6,9-10,14,17-18,21-22H,7-8,11-13,15-16,19H2,1-4H3,(H,30,35)(H,31,32,33)/t21-,22+. The number of benzene rings is 2. The number of aromatic nitrogens is 2. The third-order valence-electron chi connectivity index (χ3n) is 7.09. The van der Waals surface area contributed by atoms with Crippen LogP contribution in [0.25, 0.3) is 10.9 Å². The number of fused-ring (bicyclic) bond motifs is 1. The van der Waals surface area contributed by atoms with Gasteiger partial charge in [-0.2, -0.15) is 4.98 Å². The van der Waals surface area contributed by atoms with E-state index in [9.17, 15) is 4.79 Å². The molecule has 3 aromatic rings. The number of ether oxygens (including phenoxy) is 2. The highest BCUT2D eigenvalue weighted by Gasteiger charge is 2.22. The lowest BCUT2D eigenvalue weighted by Crippen LogP contribution is -2.34. The first-order valence-electron chi connectivity index (χ1n) is 13.1. The number of nitrogens with one attached hydrogen (secondary N) is 2. The van der Waals surface area contributed by atoms with E-state index in [2.05, 4.69) is 16.7 Å². The molecule has 1 fully saturated rings. The predicted octanol–water partition coefficient (Wildman–Crippen LogP) is 4.82. The van der Waals surface area contributed by atoms with Crippen molar-refractivity contribution in [1.82, 2.24) is 15.3 Å². The van der Waals surface area contributed by atoms with E-state index in [1.807, 2.05) is 55.4 Å². The van der Waals surface area contributed by atoms with Crippen LogP contribution in [0.1, 0.15) is 44.1 Å². The molecule has 0 aliphatic heterocycles. The van der Waals surface area contributed by atoms with Gasteiger partial charge in [0, 0.05) is 38.5 Å². The molecular formula is C29H39N5O3. The smallest absolute Gasteiger partial charge is 0.225 e. The monoisotopic (exact) mass is 505 g/mol. The quantitative estimate of drug-likeness (QED) is 0.386. The maximum absolute atomic E-state index is 12.4. The summed E-state index contributed by atoms with van der Waals surface area (Å²) in [6, 6.07) is 14.4.